The second-order valence-corrected chi connectivity index (χ2v) is 15.4. The molecule has 286 valence electrons. The lowest BCUT2D eigenvalue weighted by atomic mass is 9.44. The Kier molecular flexibility index (Phi) is 8.51. The van der Waals surface area contributed by atoms with E-state index in [4.69, 9.17) is 11.6 Å². The molecule has 9 rings (SSSR count). The largest absolute Gasteiger partial charge is 0.507 e. The lowest BCUT2D eigenvalue weighted by Gasteiger charge is -2.55. The summed E-state index contributed by atoms with van der Waals surface area (Å²) in [6, 6.07) is 30.5. The Morgan fingerprint density at radius 2 is 1.53 bits per heavy atom. The zero-order valence-electron chi connectivity index (χ0n) is 30.3. The molecule has 5 aromatic rings. The first-order valence-corrected chi connectivity index (χ1v) is 18.9. The molecule has 2 amide bonds. The summed E-state index contributed by atoms with van der Waals surface area (Å²) in [6.45, 7) is 0. The van der Waals surface area contributed by atoms with E-state index in [-0.39, 0.29) is 40.8 Å². The third-order valence-corrected chi connectivity index (χ3v) is 12.6. The molecule has 1 aliphatic heterocycles. The van der Waals surface area contributed by atoms with E-state index in [9.17, 15) is 27.9 Å². The van der Waals surface area contributed by atoms with Gasteiger partial charge in [-0.3, -0.25) is 24.2 Å². The van der Waals surface area contributed by atoms with Gasteiger partial charge in [0.25, 0.3) is 11.8 Å². The molecule has 0 radical (unpaired) electrons. The molecule has 8 nitrogen and oxygen atoms in total. The van der Waals surface area contributed by atoms with Crippen LogP contribution in [0.15, 0.2) is 127 Å². The molecule has 0 bridgehead atoms. The maximum atomic E-state index is 15.3. The number of alkyl halides is 3. The van der Waals surface area contributed by atoms with Crippen LogP contribution in [0.2, 0.25) is 5.02 Å². The minimum Gasteiger partial charge on any atom is -0.507 e. The molecule has 1 aromatic heterocycles. The molecule has 3 aliphatic carbocycles. The molecule has 6 atom stereocenters. The van der Waals surface area contributed by atoms with Crippen molar-refractivity contribution in [1.82, 2.24) is 9.99 Å². The Bertz CT molecular complexity index is 2590. The maximum Gasteiger partial charge on any atom is 0.433 e. The average Bonchev–Trinajstić information content (AvgIpc) is 3.47. The summed E-state index contributed by atoms with van der Waals surface area (Å²) >= 11 is 6.34. The van der Waals surface area contributed by atoms with Crippen molar-refractivity contribution in [2.45, 2.75) is 30.4 Å². The molecule has 2 fully saturated rings. The number of hydrazine groups is 1. The van der Waals surface area contributed by atoms with Gasteiger partial charge in [0, 0.05) is 35.4 Å². The lowest BCUT2D eigenvalue weighted by molar-refractivity contribution is -0.141. The van der Waals surface area contributed by atoms with Crippen molar-refractivity contribution < 1.29 is 37.5 Å². The summed E-state index contributed by atoms with van der Waals surface area (Å²) in [5.74, 6) is -7.31. The number of phenolic OH excluding ortho intramolecular Hbond substituents is 1. The Labute approximate surface area is 329 Å². The summed E-state index contributed by atoms with van der Waals surface area (Å²) < 4.78 is 41.2. The number of hydrogen-bond acceptors (Lipinski definition) is 7. The van der Waals surface area contributed by atoms with Crippen molar-refractivity contribution in [3.05, 3.63) is 154 Å². The first-order valence-electron chi connectivity index (χ1n) is 18.5. The van der Waals surface area contributed by atoms with Crippen LogP contribution in [0.25, 0.3) is 16.3 Å². The number of hydrogen-bond donors (Lipinski definition) is 1. The van der Waals surface area contributed by atoms with Crippen LogP contribution in [-0.4, -0.2) is 45.5 Å². The fourth-order valence-corrected chi connectivity index (χ4v) is 10.1. The number of carbonyl (C=O) groups is 4. The van der Waals surface area contributed by atoms with E-state index in [2.05, 4.69) is 4.98 Å². The number of benzene rings is 4. The summed E-state index contributed by atoms with van der Waals surface area (Å²) in [4.78, 5) is 63.2. The molecule has 1 saturated carbocycles. The number of amides is 2. The Hall–Kier alpha value is -6.07. The number of imide groups is 1. The van der Waals surface area contributed by atoms with Gasteiger partial charge in [-0.15, -0.1) is 0 Å². The molecular weight excluding hydrogens is 755 g/mol. The highest BCUT2D eigenvalue weighted by Crippen LogP contribution is 2.64. The Morgan fingerprint density at radius 3 is 2.25 bits per heavy atom. The highest BCUT2D eigenvalue weighted by atomic mass is 35.5. The summed E-state index contributed by atoms with van der Waals surface area (Å²) in [7, 11) is 1.26. The van der Waals surface area contributed by atoms with Crippen LogP contribution in [0.5, 0.6) is 5.75 Å². The van der Waals surface area contributed by atoms with Crippen LogP contribution in [0, 0.1) is 23.7 Å². The van der Waals surface area contributed by atoms with E-state index in [0.29, 0.717) is 33.7 Å². The number of Topliss-reactive ketones (excluding diaryl/α,β-unsaturated/α-hetero) is 1. The molecule has 1 saturated heterocycles. The van der Waals surface area contributed by atoms with E-state index >= 15 is 9.59 Å². The van der Waals surface area contributed by atoms with Crippen molar-refractivity contribution >= 4 is 57.1 Å². The number of allylic oxidation sites excluding steroid dienone is 4. The van der Waals surface area contributed by atoms with Crippen LogP contribution in [-0.2, 0) is 30.8 Å². The number of fused-ring (bicyclic) bond motifs is 5. The molecule has 0 spiro atoms. The first kappa shape index (κ1) is 36.6. The van der Waals surface area contributed by atoms with Gasteiger partial charge in [-0.1, -0.05) is 120 Å². The fourth-order valence-electron chi connectivity index (χ4n) is 9.91. The van der Waals surface area contributed by atoms with Crippen molar-refractivity contribution in [3.8, 4) is 5.75 Å². The molecule has 0 unspecified atom stereocenters. The number of phenols is 1. The topological polar surface area (TPSA) is 108 Å². The SMILES string of the molecule is CN(c1nc(C(F)(F)F)ccc1Cl)N1C(=O)[C@H]2[C@H](CC=C3[C@H]2C[C@H]2C(=O)C(c4ccccc4)=CC(=O)[C@@]2(c2ccccc2)[C@H]3c2ccc3ccccc3c2O)C1=O. The lowest BCUT2D eigenvalue weighted by Crippen LogP contribution is -2.59. The Morgan fingerprint density at radius 1 is 0.842 bits per heavy atom. The zero-order chi connectivity index (χ0) is 40.0. The van der Waals surface area contributed by atoms with E-state index in [1.807, 2.05) is 42.5 Å². The third-order valence-electron chi connectivity index (χ3n) is 12.3. The second kappa shape index (κ2) is 13.3. The number of halogens is 4. The first-order chi connectivity index (χ1) is 27.3. The molecule has 12 heteroatoms. The number of carbonyl (C=O) groups excluding carboxylic acids is 4. The third kappa shape index (κ3) is 5.39. The van der Waals surface area contributed by atoms with Crippen LogP contribution in [0.4, 0.5) is 19.0 Å². The normalized spacial score (nSPS) is 25.8. The second-order valence-electron chi connectivity index (χ2n) is 15.0. The Balaban J connectivity index is 1.25. The van der Waals surface area contributed by atoms with E-state index in [0.717, 1.165) is 21.5 Å². The highest BCUT2D eigenvalue weighted by Gasteiger charge is 2.66. The molecule has 4 aliphatic rings. The molecule has 57 heavy (non-hydrogen) atoms. The minimum atomic E-state index is -4.82. The summed E-state index contributed by atoms with van der Waals surface area (Å²) in [5.41, 5.74) is -0.463. The zero-order valence-corrected chi connectivity index (χ0v) is 31.0. The van der Waals surface area contributed by atoms with Gasteiger partial charge in [0.05, 0.1) is 22.3 Å². The highest BCUT2D eigenvalue weighted by molar-refractivity contribution is 6.33. The number of aromatic hydroxyl groups is 1. The van der Waals surface area contributed by atoms with Gasteiger partial charge in [0.2, 0.25) is 0 Å². The molecule has 4 aromatic carbocycles. The predicted octanol–water partition coefficient (Wildman–Crippen LogP) is 8.49. The molecular formula is C45H33ClF3N3O5. The van der Waals surface area contributed by atoms with Gasteiger partial charge in [0.15, 0.2) is 17.4 Å². The van der Waals surface area contributed by atoms with Crippen LogP contribution < -0.4 is 5.01 Å². The molecule has 2 heterocycles. The van der Waals surface area contributed by atoms with Gasteiger partial charge >= 0.3 is 6.18 Å². The van der Waals surface area contributed by atoms with Crippen LogP contribution in [0.3, 0.4) is 0 Å². The minimum absolute atomic E-state index is 0.000619. The summed E-state index contributed by atoms with van der Waals surface area (Å²) in [5, 5.41) is 15.0. The number of rotatable bonds is 5. The van der Waals surface area contributed by atoms with E-state index in [1.54, 1.807) is 60.7 Å². The summed E-state index contributed by atoms with van der Waals surface area (Å²) in [6.07, 6.45) is -1.50. The smallest absolute Gasteiger partial charge is 0.433 e. The predicted molar refractivity (Wildman–Crippen MR) is 207 cm³/mol. The molecule has 1 N–H and O–H groups in total. The number of ketones is 2. The van der Waals surface area contributed by atoms with Gasteiger partial charge in [-0.25, -0.2) is 4.98 Å². The number of aromatic nitrogens is 1. The standard InChI is InChI=1S/C45H33ClF3N3O5/c1-51(41-34(46)20-21-35(50-41)45(47,48)49)52-42(56)29-19-18-28-32(37(29)43(52)57)22-33-40(55)31(24-10-4-2-5-11-24)23-36(53)44(33,26-13-6-3-7-14-26)38(28)30-17-16-25-12-8-9-15-27(25)39(30)54/h2-18,20-21,23,29,32-33,37-38,54H,19,22H2,1H3/t29-,32+,33-,37-,38+,44-/m0/s1. The van der Waals surface area contributed by atoms with Gasteiger partial charge in [0.1, 0.15) is 11.4 Å². The number of anilines is 1. The monoisotopic (exact) mass is 787 g/mol. The average molecular weight is 788 g/mol. The van der Waals surface area contributed by atoms with Crippen molar-refractivity contribution in [2.24, 2.45) is 23.7 Å². The van der Waals surface area contributed by atoms with Gasteiger partial charge in [-0.05, 0) is 53.5 Å². The maximum absolute atomic E-state index is 15.3. The quantitative estimate of drug-likeness (QED) is 0.141. The van der Waals surface area contributed by atoms with Crippen LogP contribution in [0.1, 0.15) is 41.1 Å². The van der Waals surface area contributed by atoms with E-state index < -0.39 is 64.5 Å². The number of pyridine rings is 1. The van der Waals surface area contributed by atoms with Gasteiger partial charge < -0.3 is 5.11 Å². The van der Waals surface area contributed by atoms with Gasteiger partial charge in [-0.2, -0.15) is 18.2 Å². The number of nitrogens with zero attached hydrogens (tertiary/aromatic N) is 3. The van der Waals surface area contributed by atoms with E-state index in [1.165, 1.54) is 13.1 Å². The fraction of sp³-hybridized carbons (Fsp3) is 0.222. The van der Waals surface area contributed by atoms with Crippen molar-refractivity contribution in [1.29, 1.82) is 0 Å². The van der Waals surface area contributed by atoms with Crippen molar-refractivity contribution in [3.63, 3.8) is 0 Å². The van der Waals surface area contributed by atoms with Crippen molar-refractivity contribution in [2.75, 3.05) is 12.1 Å². The van der Waals surface area contributed by atoms with Crippen LogP contribution >= 0.6 is 11.6 Å².